The van der Waals surface area contributed by atoms with E-state index in [1.807, 2.05) is 30.3 Å². The fourth-order valence-electron chi connectivity index (χ4n) is 9.29. The number of rotatable bonds is 34. The molecule has 4 heterocycles. The van der Waals surface area contributed by atoms with E-state index in [2.05, 4.69) is 10.6 Å². The van der Waals surface area contributed by atoms with Crippen molar-refractivity contribution in [3.63, 3.8) is 0 Å². The van der Waals surface area contributed by atoms with Crippen LogP contribution in [0.15, 0.2) is 30.3 Å². The number of ether oxygens (including phenoxy) is 9. The number of carbonyl (C=O) groups excluding carboxylic acids is 4. The zero-order chi connectivity index (χ0) is 62.3. The summed E-state index contributed by atoms with van der Waals surface area (Å²) >= 11 is 0. The lowest BCUT2D eigenvalue weighted by Crippen LogP contribution is -2.59. The van der Waals surface area contributed by atoms with Crippen LogP contribution in [-0.2, 0) is 63.6 Å². The van der Waals surface area contributed by atoms with Gasteiger partial charge in [0.05, 0.1) is 79.1 Å². The van der Waals surface area contributed by atoms with Crippen molar-refractivity contribution >= 4 is 23.8 Å². The van der Waals surface area contributed by atoms with Crippen LogP contribution in [0.2, 0.25) is 0 Å². The highest BCUT2D eigenvalue weighted by molar-refractivity contribution is 5.84. The summed E-state index contributed by atoms with van der Waals surface area (Å²) in [5.74, 6) is -2.37. The van der Waals surface area contributed by atoms with E-state index in [0.717, 1.165) is 20.3 Å². The highest BCUT2D eigenvalue weighted by Gasteiger charge is 2.47. The summed E-state index contributed by atoms with van der Waals surface area (Å²) in [4.78, 5) is 58.2. The number of hydrogen-bond donors (Lipinski definition) is 18. The number of hydrogen-bond acceptors (Lipinski definition) is 30. The first-order chi connectivity index (χ1) is 40.6. The molecule has 1 aromatic carbocycles. The van der Waals surface area contributed by atoms with Gasteiger partial charge in [-0.2, -0.15) is 0 Å². The Hall–Kier alpha value is -4.10. The van der Waals surface area contributed by atoms with Gasteiger partial charge in [0.25, 0.3) is 0 Å². The van der Waals surface area contributed by atoms with Crippen LogP contribution < -0.4 is 10.6 Å². The Balaban J connectivity index is 1.33. The average molecular weight is 1230 g/mol. The second kappa shape index (κ2) is 36.4. The molecule has 0 aromatic heterocycles. The quantitative estimate of drug-likeness (QED) is 0.0285. The highest BCUT2D eigenvalue weighted by Crippen LogP contribution is 2.26. The van der Waals surface area contributed by atoms with E-state index < -0.39 is 245 Å². The monoisotopic (exact) mass is 1230 g/mol. The molecule has 5 rings (SSSR count). The average Bonchev–Trinajstić information content (AvgIpc) is 3.69. The lowest BCUT2D eigenvalue weighted by Gasteiger charge is -2.40. The van der Waals surface area contributed by atoms with Crippen LogP contribution in [0.1, 0.15) is 24.8 Å². The Morgan fingerprint density at radius 2 is 0.776 bits per heavy atom. The van der Waals surface area contributed by atoms with Gasteiger partial charge in [-0.05, 0) is 24.8 Å². The molecule has 18 N–H and O–H groups in total. The van der Waals surface area contributed by atoms with Crippen LogP contribution >= 0.6 is 0 Å². The van der Waals surface area contributed by atoms with Gasteiger partial charge in [0.1, 0.15) is 97.7 Å². The van der Waals surface area contributed by atoms with Gasteiger partial charge in [-0.1, -0.05) is 30.3 Å². The number of nitrogens with one attached hydrogen (secondary N) is 2. The molecule has 488 valence electrons. The molecule has 0 unspecified atom stereocenters. The number of amides is 4. The molecular formula is C51H85N5O29. The first-order valence-electron chi connectivity index (χ1n) is 27.8. The van der Waals surface area contributed by atoms with Crippen molar-refractivity contribution in [1.82, 2.24) is 25.3 Å². The van der Waals surface area contributed by atoms with E-state index >= 15 is 0 Å². The number of alkyl carbamates (subject to hydrolysis) is 1. The zero-order valence-corrected chi connectivity index (χ0v) is 46.6. The molecule has 20 atom stereocenters. The van der Waals surface area contributed by atoms with Crippen molar-refractivity contribution in [2.45, 2.75) is 149 Å². The maximum Gasteiger partial charge on any atom is 0.407 e. The standard InChI is InChI=1S/C51H85N5O29/c57-23-28-35(64)39(68)43(72)47(82-28)77-15-10-55(11-16-78-48-44(73)40(69)36(65)29(24-58)83-48)33(62)21-54(20-32(61)52-9-5-2-6-14-81-51(76)53-19-27-7-3-1-4-8-27)22-34(63)56(12-17-79-49-45(74)41(70)37(66)30(25-59)84-49)13-18-80-50-46(75)42(71)38(67)31(26-60)85-50/h1,3-4,7-8,28-31,35-50,57-60,64-75H,2,5-6,9-26H2,(H,52,61)(H,53,76)/t28-,29-,30-,31-,35-,36-,37-,38-,39+,40+,41+,42+,43+,44+,45+,46+,47+,48+,49+,50+/m1/s1. The molecule has 85 heavy (non-hydrogen) atoms. The smallest absolute Gasteiger partial charge is 0.407 e. The fourth-order valence-corrected chi connectivity index (χ4v) is 9.29. The first-order valence-corrected chi connectivity index (χ1v) is 27.8. The maximum atomic E-state index is 14.5. The van der Waals surface area contributed by atoms with Crippen LogP contribution in [0, 0.1) is 0 Å². The Labute approximate surface area is 488 Å². The Bertz CT molecular complexity index is 1930. The van der Waals surface area contributed by atoms with Crippen molar-refractivity contribution < 1.29 is 144 Å². The van der Waals surface area contributed by atoms with Crippen LogP contribution in [0.5, 0.6) is 0 Å². The van der Waals surface area contributed by atoms with E-state index in [0.29, 0.717) is 19.3 Å². The molecule has 4 aliphatic rings. The SMILES string of the molecule is O=C(CN(CC(=O)N(CCO[C@H]1O[C@H](CO)[C@@H](O)[C@H](O)[C@@H]1O)CCO[C@H]1O[C@H](CO)[C@@H](O)[C@H](O)[C@@H]1O)CC(=O)N(CCO[C@H]1O[C@H](CO)[C@@H](O)[C@H](O)[C@@H]1O)CCO[C@H]1O[C@H](CO)[C@@H](O)[C@H](O)[C@@H]1O)NCCCCCOC(=O)NCc1ccccc1. The molecule has 0 spiro atoms. The molecule has 34 nitrogen and oxygen atoms in total. The number of nitrogens with zero attached hydrogens (tertiary/aromatic N) is 3. The molecular weight excluding hydrogens is 1150 g/mol. The number of benzene rings is 1. The maximum absolute atomic E-state index is 14.5. The number of unbranched alkanes of at least 4 members (excludes halogenated alkanes) is 2. The zero-order valence-electron chi connectivity index (χ0n) is 46.6. The summed E-state index contributed by atoms with van der Waals surface area (Å²) in [5.41, 5.74) is 0.871. The van der Waals surface area contributed by atoms with Crippen LogP contribution in [0.3, 0.4) is 0 Å². The minimum absolute atomic E-state index is 0.0712. The summed E-state index contributed by atoms with van der Waals surface area (Å²) in [6.07, 6.45) is -32.9. The number of aliphatic hydroxyl groups is 16. The molecule has 4 aliphatic heterocycles. The number of carbonyl (C=O) groups is 4. The van der Waals surface area contributed by atoms with Gasteiger partial charge in [0.2, 0.25) is 17.7 Å². The minimum Gasteiger partial charge on any atom is -0.450 e. The Morgan fingerprint density at radius 1 is 0.424 bits per heavy atom. The molecule has 0 bridgehead atoms. The topological polar surface area (TPSA) is 509 Å². The normalized spacial score (nSPS) is 33.3. The van der Waals surface area contributed by atoms with Crippen molar-refractivity contribution in [2.75, 3.05) is 112 Å². The molecule has 0 aliphatic carbocycles. The molecule has 4 fully saturated rings. The van der Waals surface area contributed by atoms with Gasteiger partial charge in [-0.25, -0.2) is 4.79 Å². The third-order valence-corrected chi connectivity index (χ3v) is 14.4. The minimum atomic E-state index is -1.84. The van der Waals surface area contributed by atoms with Gasteiger partial charge < -0.3 is 145 Å². The van der Waals surface area contributed by atoms with Crippen molar-refractivity contribution in [3.8, 4) is 0 Å². The van der Waals surface area contributed by atoms with Gasteiger partial charge in [-0.3, -0.25) is 19.3 Å². The van der Waals surface area contributed by atoms with Crippen molar-refractivity contribution in [3.05, 3.63) is 35.9 Å². The van der Waals surface area contributed by atoms with Gasteiger partial charge in [-0.15, -0.1) is 0 Å². The molecule has 4 saturated heterocycles. The third-order valence-electron chi connectivity index (χ3n) is 14.4. The molecule has 0 radical (unpaired) electrons. The number of aliphatic hydroxyl groups excluding tert-OH is 16. The third kappa shape index (κ3) is 21.3. The van der Waals surface area contributed by atoms with Gasteiger partial charge >= 0.3 is 6.09 Å². The summed E-state index contributed by atoms with van der Waals surface area (Å²) in [6.45, 7) is -8.47. The lowest BCUT2D eigenvalue weighted by molar-refractivity contribution is -0.303. The van der Waals surface area contributed by atoms with Gasteiger partial charge in [0.15, 0.2) is 25.2 Å². The molecule has 4 amide bonds. The second-order valence-corrected chi connectivity index (χ2v) is 20.6. The fraction of sp³-hybridized carbons (Fsp3) is 0.804. The first kappa shape index (κ1) is 71.7. The predicted octanol–water partition coefficient (Wildman–Crippen LogP) is -10.6. The van der Waals surface area contributed by atoms with Gasteiger partial charge in [0, 0.05) is 39.3 Å². The highest BCUT2D eigenvalue weighted by atomic mass is 16.7. The van der Waals surface area contributed by atoms with Crippen LogP contribution in [0.4, 0.5) is 4.79 Å². The van der Waals surface area contributed by atoms with E-state index in [1.165, 1.54) is 0 Å². The van der Waals surface area contributed by atoms with E-state index in [1.54, 1.807) is 0 Å². The Kier molecular flexibility index (Phi) is 30.7. The van der Waals surface area contributed by atoms with Crippen LogP contribution in [-0.4, -0.2) is 355 Å². The summed E-state index contributed by atoms with van der Waals surface area (Å²) < 4.78 is 49.5. The van der Waals surface area contributed by atoms with Crippen molar-refractivity contribution in [1.29, 1.82) is 0 Å². The molecule has 1 aromatic rings. The largest absolute Gasteiger partial charge is 0.450 e. The van der Waals surface area contributed by atoms with Crippen LogP contribution in [0.25, 0.3) is 0 Å². The van der Waals surface area contributed by atoms with Crippen molar-refractivity contribution in [2.24, 2.45) is 0 Å². The van der Waals surface area contributed by atoms with E-state index in [4.69, 9.17) is 42.6 Å². The lowest BCUT2D eigenvalue weighted by atomic mass is 9.99. The second-order valence-electron chi connectivity index (χ2n) is 20.6. The molecule has 34 heteroatoms. The summed E-state index contributed by atoms with van der Waals surface area (Å²) in [6, 6.07) is 9.17. The summed E-state index contributed by atoms with van der Waals surface area (Å²) in [5, 5.41) is 169. The van der Waals surface area contributed by atoms with E-state index in [-0.39, 0.29) is 19.7 Å². The summed E-state index contributed by atoms with van der Waals surface area (Å²) in [7, 11) is 0. The molecule has 0 saturated carbocycles. The predicted molar refractivity (Wildman–Crippen MR) is 280 cm³/mol. The van der Waals surface area contributed by atoms with E-state index in [9.17, 15) is 101 Å². The Morgan fingerprint density at radius 3 is 1.12 bits per heavy atom.